The smallest absolute Gasteiger partial charge is 0.418 e. The molecular formula is C18H19F3N2O3. The van der Waals surface area contributed by atoms with Crippen molar-refractivity contribution in [1.82, 2.24) is 4.90 Å². The zero-order valence-electron chi connectivity index (χ0n) is 14.1. The number of rotatable bonds is 6. The number of methoxy groups -OCH3 is 1. The number of halogens is 3. The van der Waals surface area contributed by atoms with Gasteiger partial charge in [-0.25, -0.2) is 4.79 Å². The highest BCUT2D eigenvalue weighted by Crippen LogP contribution is 2.34. The minimum Gasteiger partial charge on any atom is -0.496 e. The fraction of sp³-hybridized carbons (Fsp3) is 0.278. The van der Waals surface area contributed by atoms with Gasteiger partial charge >= 0.3 is 12.2 Å². The number of ether oxygens (including phenoxy) is 1. The van der Waals surface area contributed by atoms with E-state index in [1.165, 1.54) is 30.2 Å². The maximum absolute atomic E-state index is 13.1. The van der Waals surface area contributed by atoms with Gasteiger partial charge in [-0.05, 0) is 18.2 Å². The number of nitrogens with zero attached hydrogens (tertiary/aromatic N) is 1. The van der Waals surface area contributed by atoms with E-state index < -0.39 is 17.8 Å². The first-order chi connectivity index (χ1) is 12.4. The zero-order chi connectivity index (χ0) is 19.2. The number of para-hydroxylation sites is 2. The number of carbonyl (C=O) groups is 1. The molecule has 2 N–H and O–H groups in total. The first-order valence-corrected chi connectivity index (χ1v) is 7.81. The third-order valence-corrected chi connectivity index (χ3v) is 3.68. The third kappa shape index (κ3) is 4.89. The van der Waals surface area contributed by atoms with Crippen LogP contribution in [0.5, 0.6) is 5.75 Å². The number of anilines is 1. The summed E-state index contributed by atoms with van der Waals surface area (Å²) in [5, 5.41) is 11.5. The van der Waals surface area contributed by atoms with Crippen molar-refractivity contribution in [2.24, 2.45) is 0 Å². The number of amides is 2. The van der Waals surface area contributed by atoms with Crippen molar-refractivity contribution in [3.8, 4) is 5.75 Å². The Morgan fingerprint density at radius 1 is 1.15 bits per heavy atom. The number of nitrogens with one attached hydrogen (secondary N) is 1. The molecule has 0 atom stereocenters. The van der Waals surface area contributed by atoms with Crippen LogP contribution in [0.15, 0.2) is 48.5 Å². The first-order valence-electron chi connectivity index (χ1n) is 7.81. The number of carbonyl (C=O) groups excluding carboxylic acids is 1. The van der Waals surface area contributed by atoms with Gasteiger partial charge in [0.05, 0.1) is 31.5 Å². The van der Waals surface area contributed by atoms with Crippen molar-refractivity contribution in [2.45, 2.75) is 12.7 Å². The Kier molecular flexibility index (Phi) is 6.46. The number of aliphatic hydroxyl groups excluding tert-OH is 1. The summed E-state index contributed by atoms with van der Waals surface area (Å²) in [4.78, 5) is 13.7. The van der Waals surface area contributed by atoms with Crippen LogP contribution in [0, 0.1) is 0 Å². The molecule has 0 radical (unpaired) electrons. The van der Waals surface area contributed by atoms with Crippen LogP contribution in [0.3, 0.4) is 0 Å². The normalized spacial score (nSPS) is 11.1. The number of urea groups is 1. The molecular weight excluding hydrogens is 349 g/mol. The quantitative estimate of drug-likeness (QED) is 0.817. The Morgan fingerprint density at radius 2 is 1.81 bits per heavy atom. The molecule has 140 valence electrons. The monoisotopic (exact) mass is 368 g/mol. The van der Waals surface area contributed by atoms with Gasteiger partial charge in [-0.1, -0.05) is 30.3 Å². The molecule has 0 saturated carbocycles. The van der Waals surface area contributed by atoms with Crippen molar-refractivity contribution in [3.05, 3.63) is 59.7 Å². The summed E-state index contributed by atoms with van der Waals surface area (Å²) >= 11 is 0. The van der Waals surface area contributed by atoms with Gasteiger partial charge in [0, 0.05) is 12.1 Å². The molecule has 0 aromatic heterocycles. The molecule has 0 fully saturated rings. The summed E-state index contributed by atoms with van der Waals surface area (Å²) in [5.41, 5.74) is -0.606. The molecule has 0 saturated heterocycles. The van der Waals surface area contributed by atoms with E-state index in [9.17, 15) is 23.1 Å². The van der Waals surface area contributed by atoms with E-state index >= 15 is 0 Å². The second-order valence-corrected chi connectivity index (χ2v) is 5.43. The summed E-state index contributed by atoms with van der Waals surface area (Å²) in [7, 11) is 1.48. The minimum atomic E-state index is -4.59. The lowest BCUT2D eigenvalue weighted by Gasteiger charge is -2.24. The first kappa shape index (κ1) is 19.6. The Hall–Kier alpha value is -2.74. The molecule has 0 spiro atoms. The van der Waals surface area contributed by atoms with Crippen LogP contribution in [0.1, 0.15) is 11.1 Å². The average Bonchev–Trinajstić information content (AvgIpc) is 2.61. The summed E-state index contributed by atoms with van der Waals surface area (Å²) in [6, 6.07) is 10.9. The number of aliphatic hydroxyl groups is 1. The highest BCUT2D eigenvalue weighted by atomic mass is 19.4. The van der Waals surface area contributed by atoms with Crippen LogP contribution >= 0.6 is 0 Å². The van der Waals surface area contributed by atoms with Gasteiger partial charge in [0.15, 0.2) is 0 Å². The van der Waals surface area contributed by atoms with Gasteiger partial charge < -0.3 is 20.1 Å². The molecule has 0 heterocycles. The lowest BCUT2D eigenvalue weighted by Crippen LogP contribution is -2.37. The highest BCUT2D eigenvalue weighted by Gasteiger charge is 2.33. The molecule has 2 aromatic carbocycles. The van der Waals surface area contributed by atoms with Crippen LogP contribution in [0.25, 0.3) is 0 Å². The van der Waals surface area contributed by atoms with Crippen molar-refractivity contribution in [3.63, 3.8) is 0 Å². The fourth-order valence-corrected chi connectivity index (χ4v) is 2.45. The summed E-state index contributed by atoms with van der Waals surface area (Å²) in [6.45, 7) is -0.299. The van der Waals surface area contributed by atoms with Crippen LogP contribution in [-0.2, 0) is 12.7 Å². The van der Waals surface area contributed by atoms with Crippen LogP contribution in [0.2, 0.25) is 0 Å². The van der Waals surface area contributed by atoms with Crippen molar-refractivity contribution < 1.29 is 27.8 Å². The van der Waals surface area contributed by atoms with Crippen LogP contribution < -0.4 is 10.1 Å². The topological polar surface area (TPSA) is 61.8 Å². The SMILES string of the molecule is COc1ccccc1CN(CCO)C(=O)Nc1ccccc1C(F)(F)F. The molecule has 0 unspecified atom stereocenters. The molecule has 5 nitrogen and oxygen atoms in total. The van der Waals surface area contributed by atoms with E-state index in [1.807, 2.05) is 0 Å². The summed E-state index contributed by atoms with van der Waals surface area (Å²) in [6.07, 6.45) is -4.59. The predicted octanol–water partition coefficient (Wildman–Crippen LogP) is 3.74. The van der Waals surface area contributed by atoms with Gasteiger partial charge in [-0.2, -0.15) is 13.2 Å². The van der Waals surface area contributed by atoms with Crippen LogP contribution in [0.4, 0.5) is 23.7 Å². The van der Waals surface area contributed by atoms with Crippen molar-refractivity contribution >= 4 is 11.7 Å². The molecule has 0 aliphatic rings. The fourth-order valence-electron chi connectivity index (χ4n) is 2.45. The van der Waals surface area contributed by atoms with E-state index in [0.717, 1.165) is 6.07 Å². The van der Waals surface area contributed by atoms with Gasteiger partial charge in [0.25, 0.3) is 0 Å². The Bertz CT molecular complexity index is 750. The molecule has 2 rings (SSSR count). The highest BCUT2D eigenvalue weighted by molar-refractivity contribution is 5.90. The predicted molar refractivity (Wildman–Crippen MR) is 91.0 cm³/mol. The third-order valence-electron chi connectivity index (χ3n) is 3.68. The maximum Gasteiger partial charge on any atom is 0.418 e. The number of benzene rings is 2. The second-order valence-electron chi connectivity index (χ2n) is 5.43. The minimum absolute atomic E-state index is 0.0436. The lowest BCUT2D eigenvalue weighted by atomic mass is 10.1. The van der Waals surface area contributed by atoms with Gasteiger partial charge in [-0.3, -0.25) is 0 Å². The van der Waals surface area contributed by atoms with Gasteiger partial charge in [0.1, 0.15) is 5.75 Å². The van der Waals surface area contributed by atoms with Crippen molar-refractivity contribution in [1.29, 1.82) is 0 Å². The zero-order valence-corrected chi connectivity index (χ0v) is 14.1. The molecule has 0 bridgehead atoms. The van der Waals surface area contributed by atoms with E-state index in [-0.39, 0.29) is 25.4 Å². The molecule has 2 amide bonds. The standard InChI is InChI=1S/C18H19F3N2O3/c1-26-16-9-5-2-6-13(16)12-23(10-11-24)17(25)22-15-8-4-3-7-14(15)18(19,20)21/h2-9,24H,10-12H2,1H3,(H,22,25). The molecule has 0 aliphatic carbocycles. The molecule has 2 aromatic rings. The molecule has 0 aliphatic heterocycles. The number of alkyl halides is 3. The van der Waals surface area contributed by atoms with E-state index in [0.29, 0.717) is 11.3 Å². The number of hydrogen-bond acceptors (Lipinski definition) is 3. The second kappa shape index (κ2) is 8.57. The average molecular weight is 368 g/mol. The molecule has 26 heavy (non-hydrogen) atoms. The Morgan fingerprint density at radius 3 is 2.46 bits per heavy atom. The van der Waals surface area contributed by atoms with E-state index in [1.54, 1.807) is 24.3 Å². The maximum atomic E-state index is 13.1. The summed E-state index contributed by atoms with van der Waals surface area (Å²) in [5.74, 6) is 0.541. The Labute approximate surface area is 149 Å². The largest absolute Gasteiger partial charge is 0.496 e. The van der Waals surface area contributed by atoms with Gasteiger partial charge in [0.2, 0.25) is 0 Å². The summed E-state index contributed by atoms with van der Waals surface area (Å²) < 4.78 is 44.4. The van der Waals surface area contributed by atoms with Gasteiger partial charge in [-0.15, -0.1) is 0 Å². The van der Waals surface area contributed by atoms with E-state index in [4.69, 9.17) is 4.74 Å². The van der Waals surface area contributed by atoms with Crippen LogP contribution in [-0.4, -0.2) is 36.3 Å². The lowest BCUT2D eigenvalue weighted by molar-refractivity contribution is -0.136. The van der Waals surface area contributed by atoms with E-state index in [2.05, 4.69) is 5.32 Å². The Balaban J connectivity index is 2.22. The van der Waals surface area contributed by atoms with Crippen molar-refractivity contribution in [2.75, 3.05) is 25.6 Å². The molecule has 8 heteroatoms. The number of hydrogen-bond donors (Lipinski definition) is 2.